The zero-order valence-electron chi connectivity index (χ0n) is 14.2. The predicted molar refractivity (Wildman–Crippen MR) is 89.7 cm³/mol. The van der Waals surface area contributed by atoms with Crippen LogP contribution in [0.25, 0.3) is 10.9 Å². The van der Waals surface area contributed by atoms with Crippen molar-refractivity contribution >= 4 is 22.7 Å². The number of benzene rings is 1. The summed E-state index contributed by atoms with van der Waals surface area (Å²) in [6.45, 7) is 5.32. The average molecular weight is 369 g/mol. The van der Waals surface area contributed by atoms with E-state index in [0.29, 0.717) is 10.9 Å². The molecule has 0 aliphatic heterocycles. The summed E-state index contributed by atoms with van der Waals surface area (Å²) in [5.74, 6) is -1.08. The highest BCUT2D eigenvalue weighted by Gasteiger charge is 2.31. The van der Waals surface area contributed by atoms with Crippen molar-refractivity contribution in [3.8, 4) is 5.75 Å². The van der Waals surface area contributed by atoms with Gasteiger partial charge in [0.25, 0.3) is 5.91 Å². The Bertz CT molecular complexity index is 830. The molecular formula is C17H18F3N3O3. The summed E-state index contributed by atoms with van der Waals surface area (Å²) >= 11 is 0. The highest BCUT2D eigenvalue weighted by molar-refractivity contribution is 5.98. The lowest BCUT2D eigenvalue weighted by molar-refractivity contribution is -0.274. The van der Waals surface area contributed by atoms with Crippen LogP contribution in [0, 0.1) is 0 Å². The zero-order chi connectivity index (χ0) is 19.5. The lowest BCUT2D eigenvalue weighted by Crippen LogP contribution is -2.42. The van der Waals surface area contributed by atoms with E-state index in [-0.39, 0.29) is 35.8 Å². The standard InChI is InChI=1S/C17H18F3N3O3/c1-4-15(24)21-9-10(2)23(3)16(25)14-7-11-5-6-12(8-13(11)22-14)26-17(18,19)20/h4-8,10,22H,1,9H2,2-3H3,(H,21,24). The van der Waals surface area contributed by atoms with Gasteiger partial charge in [-0.05, 0) is 31.2 Å². The number of aromatic amines is 1. The summed E-state index contributed by atoms with van der Waals surface area (Å²) in [6.07, 6.45) is -3.66. The van der Waals surface area contributed by atoms with Gasteiger partial charge >= 0.3 is 6.36 Å². The highest BCUT2D eigenvalue weighted by Crippen LogP contribution is 2.27. The van der Waals surface area contributed by atoms with Crippen LogP contribution in [0.1, 0.15) is 17.4 Å². The molecule has 26 heavy (non-hydrogen) atoms. The molecule has 6 nitrogen and oxygen atoms in total. The topological polar surface area (TPSA) is 74.4 Å². The largest absolute Gasteiger partial charge is 0.573 e. The molecule has 2 N–H and O–H groups in total. The summed E-state index contributed by atoms with van der Waals surface area (Å²) in [5.41, 5.74) is 0.560. The van der Waals surface area contributed by atoms with Crippen molar-refractivity contribution in [3.05, 3.63) is 42.6 Å². The van der Waals surface area contributed by atoms with Crippen LogP contribution in [0.2, 0.25) is 0 Å². The number of H-pyrrole nitrogens is 1. The SMILES string of the molecule is C=CC(=O)NCC(C)N(C)C(=O)c1cc2ccc(OC(F)(F)F)cc2[nH]1. The quantitative estimate of drug-likeness (QED) is 0.769. The Morgan fingerprint density at radius 2 is 2.08 bits per heavy atom. The van der Waals surface area contributed by atoms with Gasteiger partial charge in [0, 0.05) is 36.6 Å². The summed E-state index contributed by atoms with van der Waals surface area (Å²) in [5, 5.41) is 3.16. The van der Waals surface area contributed by atoms with Crippen LogP contribution in [0.15, 0.2) is 36.9 Å². The lowest BCUT2D eigenvalue weighted by Gasteiger charge is -2.24. The van der Waals surface area contributed by atoms with Crippen LogP contribution in [0.3, 0.4) is 0 Å². The first-order chi connectivity index (χ1) is 12.1. The van der Waals surface area contributed by atoms with Crippen molar-refractivity contribution in [1.29, 1.82) is 0 Å². The second-order valence-corrected chi connectivity index (χ2v) is 5.69. The molecule has 1 unspecified atom stereocenters. The minimum absolute atomic E-state index is 0.216. The number of hydrogen-bond acceptors (Lipinski definition) is 3. The van der Waals surface area contributed by atoms with Gasteiger partial charge in [0.1, 0.15) is 11.4 Å². The Balaban J connectivity index is 2.14. The van der Waals surface area contributed by atoms with Crippen molar-refractivity contribution in [2.24, 2.45) is 0 Å². The number of ether oxygens (including phenoxy) is 1. The van der Waals surface area contributed by atoms with Gasteiger partial charge < -0.3 is 19.9 Å². The van der Waals surface area contributed by atoms with Gasteiger partial charge in [-0.15, -0.1) is 13.2 Å². The van der Waals surface area contributed by atoms with Crippen molar-refractivity contribution in [3.63, 3.8) is 0 Å². The lowest BCUT2D eigenvalue weighted by atomic mass is 10.2. The maximum absolute atomic E-state index is 12.5. The molecule has 0 aliphatic carbocycles. The normalized spacial score (nSPS) is 12.5. The van der Waals surface area contributed by atoms with Gasteiger partial charge in [0.15, 0.2) is 0 Å². The number of carbonyl (C=O) groups is 2. The fourth-order valence-corrected chi connectivity index (χ4v) is 2.27. The zero-order valence-corrected chi connectivity index (χ0v) is 14.2. The summed E-state index contributed by atoms with van der Waals surface area (Å²) in [7, 11) is 1.57. The van der Waals surface area contributed by atoms with Crippen LogP contribution in [0.5, 0.6) is 5.75 Å². The van der Waals surface area contributed by atoms with Gasteiger partial charge in [0.05, 0.1) is 0 Å². The monoisotopic (exact) mass is 369 g/mol. The molecule has 0 spiro atoms. The van der Waals surface area contributed by atoms with Crippen molar-refractivity contribution in [2.75, 3.05) is 13.6 Å². The van der Waals surface area contributed by atoms with Crippen LogP contribution in [0.4, 0.5) is 13.2 Å². The summed E-state index contributed by atoms with van der Waals surface area (Å²) in [4.78, 5) is 27.9. The number of alkyl halides is 3. The molecule has 0 saturated carbocycles. The van der Waals surface area contributed by atoms with Gasteiger partial charge in [-0.1, -0.05) is 6.58 Å². The molecule has 1 heterocycles. The number of rotatable bonds is 6. The fraction of sp³-hybridized carbons (Fsp3) is 0.294. The maximum Gasteiger partial charge on any atom is 0.573 e. The van der Waals surface area contributed by atoms with E-state index < -0.39 is 6.36 Å². The first-order valence-electron chi connectivity index (χ1n) is 7.66. The van der Waals surface area contributed by atoms with Crippen LogP contribution in [-0.2, 0) is 4.79 Å². The van der Waals surface area contributed by atoms with E-state index in [4.69, 9.17) is 0 Å². The van der Waals surface area contributed by atoms with E-state index >= 15 is 0 Å². The number of carbonyl (C=O) groups excluding carboxylic acids is 2. The van der Waals surface area contributed by atoms with Crippen LogP contribution >= 0.6 is 0 Å². The first kappa shape index (κ1) is 19.4. The third-order valence-corrected chi connectivity index (χ3v) is 3.80. The Hall–Kier alpha value is -2.97. The Morgan fingerprint density at radius 1 is 1.38 bits per heavy atom. The van der Waals surface area contributed by atoms with Gasteiger partial charge in [0.2, 0.25) is 5.91 Å². The third kappa shape index (κ3) is 4.78. The minimum atomic E-state index is -4.79. The maximum atomic E-state index is 12.5. The molecule has 140 valence electrons. The highest BCUT2D eigenvalue weighted by atomic mass is 19.4. The van der Waals surface area contributed by atoms with Gasteiger partial charge in [-0.25, -0.2) is 0 Å². The number of amides is 2. The number of halogens is 3. The number of nitrogens with zero attached hydrogens (tertiary/aromatic N) is 1. The van der Waals surface area contributed by atoms with E-state index in [0.717, 1.165) is 6.08 Å². The van der Waals surface area contributed by atoms with Gasteiger partial charge in [-0.3, -0.25) is 9.59 Å². The Labute approximate surface area is 147 Å². The molecule has 1 aromatic carbocycles. The second-order valence-electron chi connectivity index (χ2n) is 5.69. The molecule has 0 bridgehead atoms. The van der Waals surface area contributed by atoms with E-state index in [1.54, 1.807) is 20.0 Å². The van der Waals surface area contributed by atoms with Crippen LogP contribution < -0.4 is 10.1 Å². The molecule has 0 aliphatic rings. The summed E-state index contributed by atoms with van der Waals surface area (Å²) in [6, 6.07) is 5.02. The molecule has 9 heteroatoms. The smallest absolute Gasteiger partial charge is 0.406 e. The second kappa shape index (κ2) is 7.51. The van der Waals surface area contributed by atoms with E-state index in [1.807, 2.05) is 0 Å². The number of nitrogens with one attached hydrogen (secondary N) is 2. The fourth-order valence-electron chi connectivity index (χ4n) is 2.27. The van der Waals surface area contributed by atoms with Gasteiger partial charge in [-0.2, -0.15) is 0 Å². The first-order valence-corrected chi connectivity index (χ1v) is 7.66. The van der Waals surface area contributed by atoms with Crippen molar-refractivity contribution in [2.45, 2.75) is 19.3 Å². The molecular weight excluding hydrogens is 351 g/mol. The van der Waals surface area contributed by atoms with E-state index in [1.165, 1.54) is 23.1 Å². The third-order valence-electron chi connectivity index (χ3n) is 3.80. The van der Waals surface area contributed by atoms with Crippen LogP contribution in [-0.4, -0.2) is 47.7 Å². The van der Waals surface area contributed by atoms with E-state index in [2.05, 4.69) is 21.6 Å². The summed E-state index contributed by atoms with van der Waals surface area (Å²) < 4.78 is 40.8. The van der Waals surface area contributed by atoms with Crippen molar-refractivity contribution < 1.29 is 27.5 Å². The molecule has 0 radical (unpaired) electrons. The van der Waals surface area contributed by atoms with E-state index in [9.17, 15) is 22.8 Å². The molecule has 2 rings (SSSR count). The van der Waals surface area contributed by atoms with Crippen molar-refractivity contribution in [1.82, 2.24) is 15.2 Å². The number of hydrogen-bond donors (Lipinski definition) is 2. The molecule has 1 atom stereocenters. The molecule has 2 amide bonds. The Kier molecular flexibility index (Phi) is 5.59. The molecule has 0 fully saturated rings. The number of fused-ring (bicyclic) bond motifs is 1. The Morgan fingerprint density at radius 3 is 2.69 bits per heavy atom. The molecule has 1 aromatic heterocycles. The minimum Gasteiger partial charge on any atom is -0.406 e. The average Bonchev–Trinajstić information content (AvgIpc) is 2.99. The predicted octanol–water partition coefficient (Wildman–Crippen LogP) is 2.83. The number of likely N-dealkylation sites (N-methyl/N-ethyl adjacent to an activating group) is 1. The number of aromatic nitrogens is 1. The molecule has 0 saturated heterocycles. The molecule has 2 aromatic rings.